The van der Waals surface area contributed by atoms with Crippen LogP contribution in [0.3, 0.4) is 0 Å². The van der Waals surface area contributed by atoms with Gasteiger partial charge in [-0.15, -0.1) is 0 Å². The largest absolute Gasteiger partial charge is 0.468 e. The Labute approximate surface area is 139 Å². The molecule has 0 aliphatic rings. The summed E-state index contributed by atoms with van der Waals surface area (Å²) in [5.41, 5.74) is 6.28. The standard InChI is InChI=1S/C17H19N3O4/c1-17(18,16(21)24-2)15(12-6-4-3-5-7-12)19-13-8-10-14(11-9-13)20(22)23/h3-11,15,19H,18H2,1-2H3. The minimum atomic E-state index is -1.34. The number of hydrogen-bond acceptors (Lipinski definition) is 6. The summed E-state index contributed by atoms with van der Waals surface area (Å²) >= 11 is 0. The number of benzene rings is 2. The molecule has 0 aliphatic heterocycles. The first-order chi connectivity index (χ1) is 11.4. The molecule has 2 rings (SSSR count). The van der Waals surface area contributed by atoms with E-state index in [4.69, 9.17) is 10.5 Å². The summed E-state index contributed by atoms with van der Waals surface area (Å²) in [6, 6.07) is 14.6. The predicted octanol–water partition coefficient (Wildman–Crippen LogP) is 2.64. The second-order valence-corrected chi connectivity index (χ2v) is 5.57. The maximum atomic E-state index is 12.1. The molecule has 24 heavy (non-hydrogen) atoms. The molecule has 2 aromatic carbocycles. The second-order valence-electron chi connectivity index (χ2n) is 5.57. The van der Waals surface area contributed by atoms with Crippen molar-refractivity contribution in [1.82, 2.24) is 0 Å². The highest BCUT2D eigenvalue weighted by Crippen LogP contribution is 2.30. The molecule has 7 nitrogen and oxygen atoms in total. The molecule has 0 aromatic heterocycles. The van der Waals surface area contributed by atoms with Crippen molar-refractivity contribution >= 4 is 17.3 Å². The third kappa shape index (κ3) is 3.69. The number of nitrogens with two attached hydrogens (primary N) is 1. The van der Waals surface area contributed by atoms with Gasteiger partial charge in [-0.2, -0.15) is 0 Å². The number of non-ortho nitro benzene ring substituents is 1. The van der Waals surface area contributed by atoms with Crippen LogP contribution >= 0.6 is 0 Å². The molecule has 7 heteroatoms. The van der Waals surface area contributed by atoms with Gasteiger partial charge in [-0.25, -0.2) is 4.79 Å². The molecule has 2 unspecified atom stereocenters. The highest BCUT2D eigenvalue weighted by Gasteiger charge is 2.39. The molecule has 126 valence electrons. The van der Waals surface area contributed by atoms with Gasteiger partial charge in [0.15, 0.2) is 0 Å². The van der Waals surface area contributed by atoms with Gasteiger partial charge in [-0.05, 0) is 24.6 Å². The average molecular weight is 329 g/mol. The number of methoxy groups -OCH3 is 1. The van der Waals surface area contributed by atoms with Crippen molar-refractivity contribution < 1.29 is 14.5 Å². The fraction of sp³-hybridized carbons (Fsp3) is 0.235. The van der Waals surface area contributed by atoms with Crippen molar-refractivity contribution in [1.29, 1.82) is 0 Å². The number of nitrogens with zero attached hydrogens (tertiary/aromatic N) is 1. The lowest BCUT2D eigenvalue weighted by Gasteiger charge is -2.33. The van der Waals surface area contributed by atoms with Crippen LogP contribution in [-0.2, 0) is 9.53 Å². The van der Waals surface area contributed by atoms with Crippen molar-refractivity contribution in [3.63, 3.8) is 0 Å². The minimum absolute atomic E-state index is 0.0136. The summed E-state index contributed by atoms with van der Waals surface area (Å²) in [7, 11) is 1.28. The Bertz CT molecular complexity index is 714. The Kier molecular flexibility index (Phi) is 5.15. The summed E-state index contributed by atoms with van der Waals surface area (Å²) < 4.78 is 4.81. The van der Waals surface area contributed by atoms with Crippen LogP contribution < -0.4 is 11.1 Å². The number of hydrogen-bond donors (Lipinski definition) is 2. The van der Waals surface area contributed by atoms with Crippen LogP contribution in [0.1, 0.15) is 18.5 Å². The van der Waals surface area contributed by atoms with Crippen LogP contribution in [0.15, 0.2) is 54.6 Å². The van der Waals surface area contributed by atoms with Gasteiger partial charge in [0.05, 0.1) is 18.1 Å². The molecule has 0 heterocycles. The number of nitro groups is 1. The van der Waals surface area contributed by atoms with Crippen molar-refractivity contribution in [2.75, 3.05) is 12.4 Å². The molecule has 0 radical (unpaired) electrons. The Morgan fingerprint density at radius 1 is 1.21 bits per heavy atom. The fourth-order valence-corrected chi connectivity index (χ4v) is 2.41. The maximum absolute atomic E-state index is 12.1. The molecule has 0 amide bonds. The quantitative estimate of drug-likeness (QED) is 0.479. The Morgan fingerprint density at radius 2 is 1.79 bits per heavy atom. The van der Waals surface area contributed by atoms with Crippen molar-refractivity contribution in [2.24, 2.45) is 5.73 Å². The summed E-state index contributed by atoms with van der Waals surface area (Å²) in [4.78, 5) is 22.4. The van der Waals surface area contributed by atoms with Gasteiger partial charge >= 0.3 is 5.97 Å². The minimum Gasteiger partial charge on any atom is -0.468 e. The number of carbonyl (C=O) groups excluding carboxylic acids is 1. The number of ether oxygens (including phenoxy) is 1. The molecule has 0 saturated heterocycles. The van der Waals surface area contributed by atoms with Crippen molar-refractivity contribution in [3.05, 3.63) is 70.3 Å². The van der Waals surface area contributed by atoms with Crippen LogP contribution in [0.2, 0.25) is 0 Å². The van der Waals surface area contributed by atoms with Gasteiger partial charge < -0.3 is 15.8 Å². The maximum Gasteiger partial charge on any atom is 0.328 e. The first kappa shape index (κ1) is 17.4. The highest BCUT2D eigenvalue weighted by atomic mass is 16.6. The van der Waals surface area contributed by atoms with Gasteiger partial charge in [0, 0.05) is 17.8 Å². The van der Waals surface area contributed by atoms with Crippen LogP contribution in [0.4, 0.5) is 11.4 Å². The van der Waals surface area contributed by atoms with E-state index in [1.54, 1.807) is 19.1 Å². The number of esters is 1. The van der Waals surface area contributed by atoms with E-state index in [1.165, 1.54) is 19.2 Å². The summed E-state index contributed by atoms with van der Waals surface area (Å²) in [5, 5.41) is 13.9. The first-order valence-electron chi connectivity index (χ1n) is 7.29. The van der Waals surface area contributed by atoms with E-state index in [-0.39, 0.29) is 5.69 Å². The van der Waals surface area contributed by atoms with Crippen LogP contribution in [-0.4, -0.2) is 23.5 Å². The predicted molar refractivity (Wildman–Crippen MR) is 90.5 cm³/mol. The van der Waals surface area contributed by atoms with E-state index in [2.05, 4.69) is 5.32 Å². The number of nitrogens with one attached hydrogen (secondary N) is 1. The molecule has 0 bridgehead atoms. The van der Waals surface area contributed by atoms with Gasteiger partial charge in [0.2, 0.25) is 0 Å². The summed E-state index contributed by atoms with van der Waals surface area (Å²) in [5.74, 6) is -0.564. The molecular weight excluding hydrogens is 310 g/mol. The van der Waals surface area contributed by atoms with Crippen molar-refractivity contribution in [3.8, 4) is 0 Å². The number of carbonyl (C=O) groups is 1. The summed E-state index contributed by atoms with van der Waals surface area (Å²) in [6.07, 6.45) is 0. The van der Waals surface area contributed by atoms with Crippen LogP contribution in [0, 0.1) is 10.1 Å². The molecule has 0 spiro atoms. The molecule has 0 aliphatic carbocycles. The number of rotatable bonds is 6. The molecular formula is C17H19N3O4. The fourth-order valence-electron chi connectivity index (χ4n) is 2.41. The topological polar surface area (TPSA) is 107 Å². The Balaban J connectivity index is 2.36. The van der Waals surface area contributed by atoms with Gasteiger partial charge in [0.1, 0.15) is 5.54 Å². The SMILES string of the molecule is COC(=O)C(C)(N)C(Nc1ccc([N+](=O)[O-])cc1)c1ccccc1. The molecule has 2 atom stereocenters. The van der Waals surface area contributed by atoms with E-state index >= 15 is 0 Å². The zero-order chi connectivity index (χ0) is 17.7. The number of anilines is 1. The van der Waals surface area contributed by atoms with Crippen molar-refractivity contribution in [2.45, 2.75) is 18.5 Å². The monoisotopic (exact) mass is 329 g/mol. The van der Waals surface area contributed by atoms with Crippen LogP contribution in [0.25, 0.3) is 0 Å². The van der Waals surface area contributed by atoms with E-state index in [9.17, 15) is 14.9 Å². The zero-order valence-corrected chi connectivity index (χ0v) is 13.4. The molecule has 3 N–H and O–H groups in total. The van der Waals surface area contributed by atoms with Gasteiger partial charge in [-0.1, -0.05) is 30.3 Å². The second kappa shape index (κ2) is 7.10. The third-order valence-electron chi connectivity index (χ3n) is 3.75. The highest BCUT2D eigenvalue weighted by molar-refractivity contribution is 5.82. The molecule has 2 aromatic rings. The van der Waals surface area contributed by atoms with Gasteiger partial charge in [0.25, 0.3) is 5.69 Å². The lowest BCUT2D eigenvalue weighted by molar-refractivity contribution is -0.384. The lowest BCUT2D eigenvalue weighted by Crippen LogP contribution is -2.53. The smallest absolute Gasteiger partial charge is 0.328 e. The average Bonchev–Trinajstić information content (AvgIpc) is 2.59. The van der Waals surface area contributed by atoms with Crippen LogP contribution in [0.5, 0.6) is 0 Å². The normalized spacial score (nSPS) is 14.3. The van der Waals surface area contributed by atoms with E-state index in [0.29, 0.717) is 5.69 Å². The first-order valence-corrected chi connectivity index (χ1v) is 7.29. The summed E-state index contributed by atoms with van der Waals surface area (Å²) in [6.45, 7) is 1.58. The van der Waals surface area contributed by atoms with Gasteiger partial charge in [-0.3, -0.25) is 10.1 Å². The third-order valence-corrected chi connectivity index (χ3v) is 3.75. The van der Waals surface area contributed by atoms with E-state index in [1.807, 2.05) is 30.3 Å². The number of nitro benzene ring substituents is 1. The zero-order valence-electron chi connectivity index (χ0n) is 13.4. The Hall–Kier alpha value is -2.93. The van der Waals surface area contributed by atoms with E-state index in [0.717, 1.165) is 5.56 Å². The Morgan fingerprint density at radius 3 is 2.29 bits per heavy atom. The lowest BCUT2D eigenvalue weighted by atomic mass is 9.87. The molecule has 0 saturated carbocycles. The molecule has 0 fully saturated rings. The van der Waals surface area contributed by atoms with E-state index < -0.39 is 22.5 Å².